The van der Waals surface area contributed by atoms with Gasteiger partial charge in [0.1, 0.15) is 6.04 Å². The number of hydrogen-bond acceptors (Lipinski definition) is 3. The highest BCUT2D eigenvalue weighted by Crippen LogP contribution is 2.16. The molecule has 1 atom stereocenters. The standard InChI is InChI=1S/C10H13N3O3/c14-9-2-1-3-13(9)8(10(15)16)4-7-5-11-6-12-7/h5-6,8H,1-4H2,(H,11,12)(H,15,16)/t8-/m0/s1. The van der Waals surface area contributed by atoms with Crippen molar-refractivity contribution in [2.45, 2.75) is 25.3 Å². The third-order valence-electron chi connectivity index (χ3n) is 2.74. The number of aromatic nitrogens is 2. The minimum atomic E-state index is -0.968. The zero-order chi connectivity index (χ0) is 11.5. The summed E-state index contributed by atoms with van der Waals surface area (Å²) >= 11 is 0. The van der Waals surface area contributed by atoms with Gasteiger partial charge in [0.2, 0.25) is 5.91 Å². The van der Waals surface area contributed by atoms with E-state index >= 15 is 0 Å². The molecule has 0 saturated carbocycles. The van der Waals surface area contributed by atoms with E-state index in [1.807, 2.05) is 0 Å². The Labute approximate surface area is 92.3 Å². The first-order valence-corrected chi connectivity index (χ1v) is 5.18. The summed E-state index contributed by atoms with van der Waals surface area (Å²) in [6.45, 7) is 0.532. The molecule has 1 aromatic rings. The normalized spacial score (nSPS) is 17.8. The number of carbonyl (C=O) groups is 2. The maximum Gasteiger partial charge on any atom is 0.326 e. The van der Waals surface area contributed by atoms with Crippen LogP contribution in [0.5, 0.6) is 0 Å². The number of aromatic amines is 1. The van der Waals surface area contributed by atoms with Crippen LogP contribution in [0.3, 0.4) is 0 Å². The summed E-state index contributed by atoms with van der Waals surface area (Å²) in [5.41, 5.74) is 0.729. The molecule has 1 aliphatic rings. The number of carboxylic acids is 1. The van der Waals surface area contributed by atoms with Crippen molar-refractivity contribution < 1.29 is 14.7 Å². The molecule has 0 spiro atoms. The number of nitrogens with zero attached hydrogens (tertiary/aromatic N) is 2. The van der Waals surface area contributed by atoms with Gasteiger partial charge in [0.15, 0.2) is 0 Å². The van der Waals surface area contributed by atoms with Gasteiger partial charge in [-0.2, -0.15) is 0 Å². The Hall–Kier alpha value is -1.85. The third-order valence-corrected chi connectivity index (χ3v) is 2.74. The highest BCUT2D eigenvalue weighted by atomic mass is 16.4. The fourth-order valence-electron chi connectivity index (χ4n) is 1.93. The molecular formula is C10H13N3O3. The Morgan fingerprint density at radius 1 is 1.69 bits per heavy atom. The average molecular weight is 223 g/mol. The Kier molecular flexibility index (Phi) is 2.89. The quantitative estimate of drug-likeness (QED) is 0.753. The molecule has 1 aliphatic heterocycles. The van der Waals surface area contributed by atoms with Gasteiger partial charge >= 0.3 is 5.97 Å². The van der Waals surface area contributed by atoms with Crippen LogP contribution < -0.4 is 0 Å². The minimum absolute atomic E-state index is 0.0769. The highest BCUT2D eigenvalue weighted by Gasteiger charge is 2.32. The summed E-state index contributed by atoms with van der Waals surface area (Å²) in [6.07, 6.45) is 4.55. The van der Waals surface area contributed by atoms with Gasteiger partial charge in [-0.1, -0.05) is 0 Å². The highest BCUT2D eigenvalue weighted by molar-refractivity contribution is 5.85. The number of imidazole rings is 1. The minimum Gasteiger partial charge on any atom is -0.480 e. The average Bonchev–Trinajstić information content (AvgIpc) is 2.85. The number of rotatable bonds is 4. The predicted molar refractivity (Wildman–Crippen MR) is 54.7 cm³/mol. The van der Waals surface area contributed by atoms with Crippen molar-refractivity contribution in [1.29, 1.82) is 0 Å². The van der Waals surface area contributed by atoms with E-state index < -0.39 is 12.0 Å². The van der Waals surface area contributed by atoms with Crippen LogP contribution in [0.2, 0.25) is 0 Å². The topological polar surface area (TPSA) is 86.3 Å². The molecular weight excluding hydrogens is 210 g/mol. The second kappa shape index (κ2) is 4.34. The lowest BCUT2D eigenvalue weighted by molar-refractivity contribution is -0.148. The second-order valence-electron chi connectivity index (χ2n) is 3.83. The van der Waals surface area contributed by atoms with Gasteiger partial charge in [0.05, 0.1) is 6.33 Å². The van der Waals surface area contributed by atoms with Crippen LogP contribution >= 0.6 is 0 Å². The van der Waals surface area contributed by atoms with Crippen LogP contribution in [0.1, 0.15) is 18.5 Å². The molecule has 1 fully saturated rings. The van der Waals surface area contributed by atoms with Crippen molar-refractivity contribution in [3.63, 3.8) is 0 Å². The summed E-state index contributed by atoms with van der Waals surface area (Å²) in [6, 6.07) is -0.782. The first kappa shape index (κ1) is 10.7. The van der Waals surface area contributed by atoms with Crippen molar-refractivity contribution in [1.82, 2.24) is 14.9 Å². The zero-order valence-electron chi connectivity index (χ0n) is 8.72. The molecule has 6 heteroatoms. The van der Waals surface area contributed by atoms with Gasteiger partial charge in [0.25, 0.3) is 0 Å². The fourth-order valence-corrected chi connectivity index (χ4v) is 1.93. The van der Waals surface area contributed by atoms with Gasteiger partial charge in [-0.3, -0.25) is 4.79 Å². The molecule has 2 rings (SSSR count). The molecule has 1 aromatic heterocycles. The Morgan fingerprint density at radius 3 is 3.00 bits per heavy atom. The summed E-state index contributed by atoms with van der Waals surface area (Å²) in [7, 11) is 0. The summed E-state index contributed by atoms with van der Waals surface area (Å²) in [5, 5.41) is 9.12. The monoisotopic (exact) mass is 223 g/mol. The van der Waals surface area contributed by atoms with Crippen LogP contribution in [0.15, 0.2) is 12.5 Å². The Balaban J connectivity index is 2.11. The smallest absolute Gasteiger partial charge is 0.326 e. The van der Waals surface area contributed by atoms with Crippen molar-refractivity contribution in [2.24, 2.45) is 0 Å². The molecule has 0 radical (unpaired) electrons. The summed E-state index contributed by atoms with van der Waals surface area (Å²) in [5.74, 6) is -1.04. The Bertz CT molecular complexity index is 388. The summed E-state index contributed by atoms with van der Waals surface area (Å²) < 4.78 is 0. The van der Waals surface area contributed by atoms with Gasteiger partial charge in [-0.15, -0.1) is 0 Å². The van der Waals surface area contributed by atoms with E-state index in [2.05, 4.69) is 9.97 Å². The molecule has 6 nitrogen and oxygen atoms in total. The third kappa shape index (κ3) is 2.05. The first-order chi connectivity index (χ1) is 7.68. The number of amides is 1. The second-order valence-corrected chi connectivity index (χ2v) is 3.83. The largest absolute Gasteiger partial charge is 0.480 e. The fraction of sp³-hybridized carbons (Fsp3) is 0.500. The molecule has 1 amide bonds. The van der Waals surface area contributed by atoms with E-state index in [0.29, 0.717) is 13.0 Å². The molecule has 16 heavy (non-hydrogen) atoms. The van der Waals surface area contributed by atoms with E-state index in [1.54, 1.807) is 6.20 Å². The van der Waals surface area contributed by atoms with E-state index in [-0.39, 0.29) is 12.3 Å². The van der Waals surface area contributed by atoms with Crippen LogP contribution in [0.25, 0.3) is 0 Å². The van der Waals surface area contributed by atoms with E-state index in [1.165, 1.54) is 11.2 Å². The predicted octanol–water partition coefficient (Wildman–Crippen LogP) is 0.0278. The maximum absolute atomic E-state index is 11.5. The number of nitrogens with one attached hydrogen (secondary N) is 1. The van der Waals surface area contributed by atoms with Crippen LogP contribution in [-0.2, 0) is 16.0 Å². The van der Waals surface area contributed by atoms with Gasteiger partial charge < -0.3 is 15.0 Å². The molecule has 0 bridgehead atoms. The lowest BCUT2D eigenvalue weighted by Gasteiger charge is -2.23. The molecule has 0 aliphatic carbocycles. The molecule has 86 valence electrons. The Morgan fingerprint density at radius 2 is 2.50 bits per heavy atom. The van der Waals surface area contributed by atoms with Crippen molar-refractivity contribution in [2.75, 3.05) is 6.54 Å². The number of carbonyl (C=O) groups excluding carboxylic acids is 1. The van der Waals surface area contributed by atoms with E-state index in [9.17, 15) is 9.59 Å². The zero-order valence-corrected chi connectivity index (χ0v) is 8.72. The molecule has 0 unspecified atom stereocenters. The molecule has 2 heterocycles. The first-order valence-electron chi connectivity index (χ1n) is 5.18. The van der Waals surface area contributed by atoms with Crippen LogP contribution in [0, 0.1) is 0 Å². The lowest BCUT2D eigenvalue weighted by atomic mass is 10.1. The molecule has 2 N–H and O–H groups in total. The van der Waals surface area contributed by atoms with Gasteiger partial charge in [-0.25, -0.2) is 9.78 Å². The maximum atomic E-state index is 11.5. The molecule has 1 saturated heterocycles. The van der Waals surface area contributed by atoms with Crippen molar-refractivity contribution in [3.8, 4) is 0 Å². The number of likely N-dealkylation sites (tertiary alicyclic amines) is 1. The van der Waals surface area contributed by atoms with Crippen LogP contribution in [0.4, 0.5) is 0 Å². The number of hydrogen-bond donors (Lipinski definition) is 2. The lowest BCUT2D eigenvalue weighted by Crippen LogP contribution is -2.43. The van der Waals surface area contributed by atoms with E-state index in [4.69, 9.17) is 5.11 Å². The SMILES string of the molecule is O=C(O)[C@H](Cc1cnc[nH]1)N1CCCC1=O. The molecule has 0 aromatic carbocycles. The van der Waals surface area contributed by atoms with Gasteiger partial charge in [0, 0.05) is 31.3 Å². The summed E-state index contributed by atoms with van der Waals surface area (Å²) in [4.78, 5) is 30.7. The van der Waals surface area contributed by atoms with Gasteiger partial charge in [-0.05, 0) is 6.42 Å². The van der Waals surface area contributed by atoms with E-state index in [0.717, 1.165) is 12.1 Å². The number of aliphatic carboxylic acids is 1. The van der Waals surface area contributed by atoms with Crippen molar-refractivity contribution in [3.05, 3.63) is 18.2 Å². The van der Waals surface area contributed by atoms with Crippen LogP contribution in [-0.4, -0.2) is 44.4 Å². The van der Waals surface area contributed by atoms with Crippen molar-refractivity contribution >= 4 is 11.9 Å². The number of H-pyrrole nitrogens is 1. The number of carboxylic acid groups (broad SMARTS) is 1.